The predicted molar refractivity (Wildman–Crippen MR) is 66.7 cm³/mol. The van der Waals surface area contributed by atoms with Crippen LogP contribution in [0.25, 0.3) is 0 Å². The molecular formula is C11H16N2O2S. The van der Waals surface area contributed by atoms with Gasteiger partial charge in [-0.15, -0.1) is 0 Å². The summed E-state index contributed by atoms with van der Waals surface area (Å²) in [5, 5.41) is 2.74. The van der Waals surface area contributed by atoms with Crippen molar-refractivity contribution in [1.29, 1.82) is 0 Å². The third kappa shape index (κ3) is 4.02. The van der Waals surface area contributed by atoms with Gasteiger partial charge >= 0.3 is 0 Å². The van der Waals surface area contributed by atoms with Gasteiger partial charge in [0.15, 0.2) is 0 Å². The lowest BCUT2D eigenvalue weighted by atomic mass is 10.1. The van der Waals surface area contributed by atoms with Crippen LogP contribution in [0.2, 0.25) is 0 Å². The molecule has 1 rings (SSSR count). The van der Waals surface area contributed by atoms with E-state index in [1.54, 1.807) is 30.5 Å². The third-order valence-electron chi connectivity index (χ3n) is 2.10. The highest BCUT2D eigenvalue weighted by molar-refractivity contribution is 7.84. The van der Waals surface area contributed by atoms with E-state index in [1.165, 1.54) is 0 Å². The number of carbonyl (C=O) groups excluding carboxylic acids is 1. The SMILES string of the molecule is CS(=O)CCCNC(=O)c1ccccc1N. The Morgan fingerprint density at radius 2 is 2.12 bits per heavy atom. The third-order valence-corrected chi connectivity index (χ3v) is 2.96. The Labute approximate surface area is 97.7 Å². The minimum atomic E-state index is -0.805. The molecule has 0 aliphatic heterocycles. The molecule has 0 spiro atoms. The number of benzene rings is 1. The van der Waals surface area contributed by atoms with E-state index in [-0.39, 0.29) is 5.91 Å². The largest absolute Gasteiger partial charge is 0.398 e. The molecule has 3 N–H and O–H groups in total. The van der Waals surface area contributed by atoms with Gasteiger partial charge in [0.25, 0.3) is 5.91 Å². The van der Waals surface area contributed by atoms with Crippen LogP contribution in [-0.2, 0) is 10.8 Å². The fourth-order valence-corrected chi connectivity index (χ4v) is 1.83. The van der Waals surface area contributed by atoms with E-state index in [0.29, 0.717) is 30.0 Å². The van der Waals surface area contributed by atoms with Gasteiger partial charge in [0.05, 0.1) is 5.56 Å². The molecule has 1 unspecified atom stereocenters. The Balaban J connectivity index is 2.41. The van der Waals surface area contributed by atoms with E-state index in [2.05, 4.69) is 5.32 Å². The highest BCUT2D eigenvalue weighted by Gasteiger charge is 2.07. The maximum atomic E-state index is 11.6. The molecule has 1 aromatic carbocycles. The van der Waals surface area contributed by atoms with Gasteiger partial charge < -0.3 is 11.1 Å². The number of para-hydroxylation sites is 1. The second kappa shape index (κ2) is 6.27. The minimum absolute atomic E-state index is 0.181. The first kappa shape index (κ1) is 12.7. The van der Waals surface area contributed by atoms with Crippen molar-refractivity contribution in [3.8, 4) is 0 Å². The zero-order chi connectivity index (χ0) is 12.0. The number of hydrogen-bond donors (Lipinski definition) is 2. The van der Waals surface area contributed by atoms with Gasteiger partial charge in [0.1, 0.15) is 0 Å². The summed E-state index contributed by atoms with van der Waals surface area (Å²) < 4.78 is 10.8. The lowest BCUT2D eigenvalue weighted by Gasteiger charge is -2.06. The molecule has 0 fully saturated rings. The predicted octanol–water partition coefficient (Wildman–Crippen LogP) is 0.767. The zero-order valence-corrected chi connectivity index (χ0v) is 10.0. The summed E-state index contributed by atoms with van der Waals surface area (Å²) >= 11 is 0. The van der Waals surface area contributed by atoms with E-state index in [4.69, 9.17) is 5.73 Å². The van der Waals surface area contributed by atoms with Crippen molar-refractivity contribution in [1.82, 2.24) is 5.32 Å². The number of hydrogen-bond acceptors (Lipinski definition) is 3. The number of nitrogen functional groups attached to an aromatic ring is 1. The summed E-state index contributed by atoms with van der Waals surface area (Å²) in [6, 6.07) is 6.93. The first-order valence-corrected chi connectivity index (χ1v) is 6.76. The Bertz CT molecular complexity index is 393. The first-order chi connectivity index (χ1) is 7.61. The Hall–Kier alpha value is -1.36. The van der Waals surface area contributed by atoms with Crippen molar-refractivity contribution in [2.45, 2.75) is 6.42 Å². The average molecular weight is 240 g/mol. The summed E-state index contributed by atoms with van der Waals surface area (Å²) in [6.07, 6.45) is 2.36. The molecule has 0 heterocycles. The highest BCUT2D eigenvalue weighted by atomic mass is 32.2. The molecule has 0 aliphatic rings. The Morgan fingerprint density at radius 3 is 2.75 bits per heavy atom. The van der Waals surface area contributed by atoms with Crippen LogP contribution in [0.3, 0.4) is 0 Å². The summed E-state index contributed by atoms with van der Waals surface area (Å²) in [6.45, 7) is 0.521. The molecule has 4 nitrogen and oxygen atoms in total. The van der Waals surface area contributed by atoms with Crippen molar-refractivity contribution in [3.05, 3.63) is 29.8 Å². The van der Waals surface area contributed by atoms with Crippen molar-refractivity contribution < 1.29 is 9.00 Å². The monoisotopic (exact) mass is 240 g/mol. The molecule has 1 atom stereocenters. The van der Waals surface area contributed by atoms with Gasteiger partial charge in [-0.3, -0.25) is 9.00 Å². The Morgan fingerprint density at radius 1 is 1.44 bits per heavy atom. The smallest absolute Gasteiger partial charge is 0.253 e. The van der Waals surface area contributed by atoms with Gasteiger partial charge in [-0.25, -0.2) is 0 Å². The van der Waals surface area contributed by atoms with E-state index >= 15 is 0 Å². The maximum Gasteiger partial charge on any atom is 0.253 e. The van der Waals surface area contributed by atoms with Crippen LogP contribution < -0.4 is 11.1 Å². The van der Waals surface area contributed by atoms with Gasteiger partial charge in [0.2, 0.25) is 0 Å². The van der Waals surface area contributed by atoms with Gasteiger partial charge in [0, 0.05) is 35.0 Å². The molecule has 0 bridgehead atoms. The van der Waals surface area contributed by atoms with Crippen molar-refractivity contribution in [2.24, 2.45) is 0 Å². The zero-order valence-electron chi connectivity index (χ0n) is 9.23. The molecule has 0 aliphatic carbocycles. The van der Waals surface area contributed by atoms with Crippen molar-refractivity contribution >= 4 is 22.4 Å². The molecule has 0 radical (unpaired) electrons. The number of anilines is 1. The van der Waals surface area contributed by atoms with Crippen LogP contribution >= 0.6 is 0 Å². The first-order valence-electron chi connectivity index (χ1n) is 5.04. The van der Waals surface area contributed by atoms with Crippen molar-refractivity contribution in [2.75, 3.05) is 24.3 Å². The summed E-state index contributed by atoms with van der Waals surface area (Å²) in [5.74, 6) is 0.421. The van der Waals surface area contributed by atoms with E-state index in [0.717, 1.165) is 0 Å². The van der Waals surface area contributed by atoms with Crippen LogP contribution in [0, 0.1) is 0 Å². The molecule has 0 aromatic heterocycles. The normalized spacial score (nSPS) is 12.1. The molecule has 1 aromatic rings. The maximum absolute atomic E-state index is 11.6. The van der Waals surface area contributed by atoms with Gasteiger partial charge in [-0.2, -0.15) is 0 Å². The van der Waals surface area contributed by atoms with Crippen LogP contribution in [0.1, 0.15) is 16.8 Å². The number of rotatable bonds is 5. The lowest BCUT2D eigenvalue weighted by Crippen LogP contribution is -2.26. The second-order valence-electron chi connectivity index (χ2n) is 3.47. The molecule has 16 heavy (non-hydrogen) atoms. The van der Waals surface area contributed by atoms with Crippen LogP contribution in [0.15, 0.2) is 24.3 Å². The molecule has 0 saturated heterocycles. The van der Waals surface area contributed by atoms with Gasteiger partial charge in [-0.05, 0) is 18.6 Å². The van der Waals surface area contributed by atoms with Crippen LogP contribution in [-0.4, -0.2) is 28.7 Å². The molecule has 88 valence electrons. The molecule has 5 heteroatoms. The number of carbonyl (C=O) groups is 1. The lowest BCUT2D eigenvalue weighted by molar-refractivity contribution is 0.0954. The minimum Gasteiger partial charge on any atom is -0.398 e. The number of nitrogens with one attached hydrogen (secondary N) is 1. The van der Waals surface area contributed by atoms with E-state index in [1.807, 2.05) is 0 Å². The van der Waals surface area contributed by atoms with Crippen molar-refractivity contribution in [3.63, 3.8) is 0 Å². The summed E-state index contributed by atoms with van der Waals surface area (Å²) in [5.41, 5.74) is 6.62. The summed E-state index contributed by atoms with van der Waals surface area (Å²) in [4.78, 5) is 11.6. The number of nitrogens with two attached hydrogens (primary N) is 1. The van der Waals surface area contributed by atoms with Crippen LogP contribution in [0.5, 0.6) is 0 Å². The molecule has 0 saturated carbocycles. The van der Waals surface area contributed by atoms with Gasteiger partial charge in [-0.1, -0.05) is 12.1 Å². The fraction of sp³-hybridized carbons (Fsp3) is 0.364. The Kier molecular flexibility index (Phi) is 4.98. The molecular weight excluding hydrogens is 224 g/mol. The average Bonchev–Trinajstić information content (AvgIpc) is 2.24. The van der Waals surface area contributed by atoms with E-state index in [9.17, 15) is 9.00 Å². The van der Waals surface area contributed by atoms with E-state index < -0.39 is 10.8 Å². The standard InChI is InChI=1S/C11H16N2O2S/c1-16(15)8-4-7-13-11(14)9-5-2-3-6-10(9)12/h2-3,5-6H,4,7-8,12H2,1H3,(H,13,14). The van der Waals surface area contributed by atoms with Crippen LogP contribution in [0.4, 0.5) is 5.69 Å². The number of amides is 1. The highest BCUT2D eigenvalue weighted by Crippen LogP contribution is 2.09. The molecule has 1 amide bonds. The second-order valence-corrected chi connectivity index (χ2v) is 5.03. The summed E-state index contributed by atoms with van der Waals surface area (Å²) in [7, 11) is -0.805. The quantitative estimate of drug-likeness (QED) is 0.590. The fourth-order valence-electron chi connectivity index (χ4n) is 1.28. The topological polar surface area (TPSA) is 72.2 Å².